The number of rotatable bonds is 10. The predicted molar refractivity (Wildman–Crippen MR) is 118 cm³/mol. The summed E-state index contributed by atoms with van der Waals surface area (Å²) in [5.41, 5.74) is 0.801. The summed E-state index contributed by atoms with van der Waals surface area (Å²) < 4.78 is 26.5. The van der Waals surface area contributed by atoms with E-state index in [0.29, 0.717) is 31.0 Å². The van der Waals surface area contributed by atoms with Crippen molar-refractivity contribution in [1.29, 1.82) is 0 Å². The lowest BCUT2D eigenvalue weighted by atomic mass is 9.94. The monoisotopic (exact) mass is 424 g/mol. The molecule has 0 radical (unpaired) electrons. The SMILES string of the molecule is CCNC(=NCC(CCO)CC(C)C)NC1CCN(Cc2ccc(F)c(F)c2)CC1. The van der Waals surface area contributed by atoms with Crippen LogP contribution >= 0.6 is 0 Å². The molecule has 5 nitrogen and oxygen atoms in total. The molecule has 1 aromatic carbocycles. The number of hydrogen-bond acceptors (Lipinski definition) is 3. The Morgan fingerprint density at radius 1 is 1.23 bits per heavy atom. The molecular weight excluding hydrogens is 386 g/mol. The first-order chi connectivity index (χ1) is 14.4. The van der Waals surface area contributed by atoms with Crippen molar-refractivity contribution >= 4 is 5.96 Å². The largest absolute Gasteiger partial charge is 0.396 e. The number of benzene rings is 1. The van der Waals surface area contributed by atoms with Crippen molar-refractivity contribution in [2.45, 2.75) is 59.0 Å². The molecule has 0 aromatic heterocycles. The van der Waals surface area contributed by atoms with Crippen LogP contribution in [0.15, 0.2) is 23.2 Å². The lowest BCUT2D eigenvalue weighted by Crippen LogP contribution is -2.48. The number of nitrogens with zero attached hydrogens (tertiary/aromatic N) is 2. The van der Waals surface area contributed by atoms with Gasteiger partial charge in [0.25, 0.3) is 0 Å². The first kappa shape index (κ1) is 24.5. The fourth-order valence-electron chi connectivity index (χ4n) is 4.00. The minimum atomic E-state index is -0.800. The molecule has 3 N–H and O–H groups in total. The maximum Gasteiger partial charge on any atom is 0.191 e. The van der Waals surface area contributed by atoms with Gasteiger partial charge in [-0.2, -0.15) is 0 Å². The quantitative estimate of drug-likeness (QED) is 0.397. The topological polar surface area (TPSA) is 59.9 Å². The van der Waals surface area contributed by atoms with E-state index in [2.05, 4.69) is 36.3 Å². The summed E-state index contributed by atoms with van der Waals surface area (Å²) in [6.45, 7) is 10.6. The molecule has 170 valence electrons. The Morgan fingerprint density at radius 2 is 1.97 bits per heavy atom. The number of aliphatic hydroxyl groups excluding tert-OH is 1. The third kappa shape index (κ3) is 8.56. The molecule has 1 fully saturated rings. The molecular formula is C23H38F2N4O. The van der Waals surface area contributed by atoms with E-state index in [0.717, 1.165) is 56.8 Å². The van der Waals surface area contributed by atoms with Crippen molar-refractivity contribution in [3.63, 3.8) is 0 Å². The van der Waals surface area contributed by atoms with Crippen LogP contribution in [0.2, 0.25) is 0 Å². The number of halogens is 2. The van der Waals surface area contributed by atoms with Crippen LogP contribution in [-0.4, -0.2) is 54.8 Å². The van der Waals surface area contributed by atoms with Crippen molar-refractivity contribution in [3.8, 4) is 0 Å². The molecule has 0 amide bonds. The van der Waals surface area contributed by atoms with Crippen LogP contribution in [0.5, 0.6) is 0 Å². The van der Waals surface area contributed by atoms with Gasteiger partial charge in [0.15, 0.2) is 17.6 Å². The number of guanidine groups is 1. The molecule has 1 unspecified atom stereocenters. The average molecular weight is 425 g/mol. The second-order valence-electron chi connectivity index (χ2n) is 8.67. The molecule has 0 spiro atoms. The molecule has 1 atom stereocenters. The Hall–Kier alpha value is -1.73. The van der Waals surface area contributed by atoms with Crippen molar-refractivity contribution in [2.75, 3.05) is 32.8 Å². The van der Waals surface area contributed by atoms with Crippen molar-refractivity contribution in [2.24, 2.45) is 16.8 Å². The zero-order valence-corrected chi connectivity index (χ0v) is 18.6. The third-order valence-corrected chi connectivity index (χ3v) is 5.51. The lowest BCUT2D eigenvalue weighted by Gasteiger charge is -2.33. The van der Waals surface area contributed by atoms with E-state index in [9.17, 15) is 13.9 Å². The van der Waals surface area contributed by atoms with Crippen LogP contribution in [0.4, 0.5) is 8.78 Å². The number of aliphatic hydroxyl groups is 1. The highest BCUT2D eigenvalue weighted by Crippen LogP contribution is 2.17. The van der Waals surface area contributed by atoms with Gasteiger partial charge in [-0.3, -0.25) is 9.89 Å². The number of nitrogens with one attached hydrogen (secondary N) is 2. The van der Waals surface area contributed by atoms with Gasteiger partial charge in [-0.15, -0.1) is 0 Å². The smallest absolute Gasteiger partial charge is 0.191 e. The molecule has 1 saturated heterocycles. The van der Waals surface area contributed by atoms with E-state index >= 15 is 0 Å². The van der Waals surface area contributed by atoms with Gasteiger partial charge >= 0.3 is 0 Å². The summed E-state index contributed by atoms with van der Waals surface area (Å²) in [5.74, 6) is 0.233. The van der Waals surface area contributed by atoms with Crippen LogP contribution in [0.3, 0.4) is 0 Å². The van der Waals surface area contributed by atoms with Crippen molar-refractivity contribution in [1.82, 2.24) is 15.5 Å². The van der Waals surface area contributed by atoms with Crippen LogP contribution in [0.1, 0.15) is 52.0 Å². The van der Waals surface area contributed by atoms with E-state index in [1.807, 2.05) is 0 Å². The van der Waals surface area contributed by atoms with Gasteiger partial charge in [0.2, 0.25) is 0 Å². The van der Waals surface area contributed by atoms with Gasteiger partial charge in [0, 0.05) is 45.4 Å². The van der Waals surface area contributed by atoms with Crippen molar-refractivity contribution < 1.29 is 13.9 Å². The fraction of sp³-hybridized carbons (Fsp3) is 0.696. The Kier molecular flexibility index (Phi) is 10.5. The summed E-state index contributed by atoms with van der Waals surface area (Å²) in [4.78, 5) is 7.05. The van der Waals surface area contributed by atoms with Crippen LogP contribution in [0, 0.1) is 23.5 Å². The molecule has 0 saturated carbocycles. The maximum absolute atomic E-state index is 13.4. The molecule has 0 bridgehead atoms. The summed E-state index contributed by atoms with van der Waals surface area (Å²) in [7, 11) is 0. The van der Waals surface area contributed by atoms with Gasteiger partial charge in [0.05, 0.1) is 0 Å². The number of hydrogen-bond donors (Lipinski definition) is 3. The molecule has 0 aliphatic carbocycles. The average Bonchev–Trinajstić information content (AvgIpc) is 2.70. The van der Waals surface area contributed by atoms with Gasteiger partial charge in [-0.05, 0) is 62.1 Å². The molecule has 7 heteroatoms. The van der Waals surface area contributed by atoms with E-state index in [-0.39, 0.29) is 6.61 Å². The Balaban J connectivity index is 1.84. The lowest BCUT2D eigenvalue weighted by molar-refractivity contribution is 0.198. The number of likely N-dealkylation sites (tertiary alicyclic amines) is 1. The highest BCUT2D eigenvalue weighted by Gasteiger charge is 2.20. The molecule has 1 aromatic rings. The second-order valence-corrected chi connectivity index (χ2v) is 8.67. The summed E-state index contributed by atoms with van der Waals surface area (Å²) in [6.07, 6.45) is 3.79. The third-order valence-electron chi connectivity index (χ3n) is 5.51. The van der Waals surface area contributed by atoms with Crippen LogP contribution in [-0.2, 0) is 6.54 Å². The van der Waals surface area contributed by atoms with Gasteiger partial charge in [-0.1, -0.05) is 19.9 Å². The number of aliphatic imine (C=N–C) groups is 1. The standard InChI is InChI=1S/C23H38F2N4O/c1-4-26-23(27-15-18(9-12-30)13-17(2)3)28-20-7-10-29(11-8-20)16-19-5-6-21(24)22(25)14-19/h5-6,14,17-18,20,30H,4,7-13,15-16H2,1-3H3,(H2,26,27,28). The van der Waals surface area contributed by atoms with Gasteiger partial charge < -0.3 is 15.7 Å². The first-order valence-corrected chi connectivity index (χ1v) is 11.2. The van der Waals surface area contributed by atoms with E-state index in [1.54, 1.807) is 6.07 Å². The second kappa shape index (κ2) is 12.8. The minimum absolute atomic E-state index is 0.202. The predicted octanol–water partition coefficient (Wildman–Crippen LogP) is 3.53. The Labute approximate surface area is 180 Å². The molecule has 2 rings (SSSR count). The van der Waals surface area contributed by atoms with E-state index < -0.39 is 11.6 Å². The minimum Gasteiger partial charge on any atom is -0.396 e. The van der Waals surface area contributed by atoms with Gasteiger partial charge in [0.1, 0.15) is 0 Å². The van der Waals surface area contributed by atoms with Gasteiger partial charge in [-0.25, -0.2) is 8.78 Å². The normalized spacial score (nSPS) is 17.4. The highest BCUT2D eigenvalue weighted by molar-refractivity contribution is 5.80. The number of piperidine rings is 1. The molecule has 1 heterocycles. The summed E-state index contributed by atoms with van der Waals surface area (Å²) in [6, 6.07) is 4.47. The van der Waals surface area contributed by atoms with Crippen molar-refractivity contribution in [3.05, 3.63) is 35.4 Å². The summed E-state index contributed by atoms with van der Waals surface area (Å²) in [5, 5.41) is 16.2. The zero-order chi connectivity index (χ0) is 21.9. The maximum atomic E-state index is 13.4. The Bertz CT molecular complexity index is 661. The van der Waals surface area contributed by atoms with E-state index in [1.165, 1.54) is 12.1 Å². The van der Waals surface area contributed by atoms with Crippen LogP contribution < -0.4 is 10.6 Å². The van der Waals surface area contributed by atoms with Crippen LogP contribution in [0.25, 0.3) is 0 Å². The zero-order valence-electron chi connectivity index (χ0n) is 18.6. The summed E-state index contributed by atoms with van der Waals surface area (Å²) >= 11 is 0. The molecule has 1 aliphatic rings. The van der Waals surface area contributed by atoms with E-state index in [4.69, 9.17) is 4.99 Å². The fourth-order valence-corrected chi connectivity index (χ4v) is 4.00. The first-order valence-electron chi connectivity index (χ1n) is 11.2. The highest BCUT2D eigenvalue weighted by atomic mass is 19.2. The molecule has 30 heavy (non-hydrogen) atoms. The molecule has 1 aliphatic heterocycles. The Morgan fingerprint density at radius 3 is 2.57 bits per heavy atom.